The van der Waals surface area contributed by atoms with Crippen LogP contribution in [0.1, 0.15) is 20.8 Å². The summed E-state index contributed by atoms with van der Waals surface area (Å²) >= 11 is 1.89. The van der Waals surface area contributed by atoms with E-state index in [4.69, 9.17) is 0 Å². The highest BCUT2D eigenvalue weighted by Crippen LogP contribution is 2.11. The lowest BCUT2D eigenvalue weighted by Gasteiger charge is -1.91. The van der Waals surface area contributed by atoms with Crippen molar-refractivity contribution in [3.63, 3.8) is 0 Å². The Hall–Kier alpha value is 0.0900. The molecule has 0 atom stereocenters. The molecule has 7 heavy (non-hydrogen) atoms. The third-order valence-electron chi connectivity index (χ3n) is 0.779. The lowest BCUT2D eigenvalue weighted by atomic mass is 10.6. The molecule has 42 valence electrons. The molecule has 0 aromatic heterocycles. The van der Waals surface area contributed by atoms with Gasteiger partial charge >= 0.3 is 0 Å². The topological polar surface area (TPSA) is 0 Å². The van der Waals surface area contributed by atoms with Crippen LogP contribution in [0.25, 0.3) is 0 Å². The zero-order valence-corrected chi connectivity index (χ0v) is 6.01. The molecule has 0 bridgehead atoms. The van der Waals surface area contributed by atoms with Crippen molar-refractivity contribution in [1.29, 1.82) is 0 Å². The number of allylic oxidation sites excluding steroid dienone is 2. The van der Waals surface area contributed by atoms with Gasteiger partial charge in [-0.3, -0.25) is 0 Å². The molecule has 0 N–H and O–H groups in total. The largest absolute Gasteiger partial charge is 0.132 e. The standard InChI is InChI=1S/C6H12S/c1-4-6(3)7-5-2/h4H,5H2,1-3H3. The molecule has 0 rings (SSSR count). The first-order valence-electron chi connectivity index (χ1n) is 2.57. The Kier molecular flexibility index (Phi) is 4.31. The molecular weight excluding hydrogens is 104 g/mol. The Morgan fingerprint density at radius 1 is 1.71 bits per heavy atom. The van der Waals surface area contributed by atoms with Crippen LogP contribution >= 0.6 is 11.8 Å². The monoisotopic (exact) mass is 116 g/mol. The Morgan fingerprint density at radius 3 is 2.43 bits per heavy atom. The van der Waals surface area contributed by atoms with Crippen LogP contribution in [0, 0.1) is 0 Å². The van der Waals surface area contributed by atoms with E-state index in [9.17, 15) is 0 Å². The fourth-order valence-electron chi connectivity index (χ4n) is 0.311. The highest BCUT2D eigenvalue weighted by Gasteiger charge is 1.79. The van der Waals surface area contributed by atoms with E-state index >= 15 is 0 Å². The Bertz CT molecular complexity index is 64.6. The average molecular weight is 116 g/mol. The molecule has 0 radical (unpaired) electrons. The summed E-state index contributed by atoms with van der Waals surface area (Å²) in [5.74, 6) is 1.19. The van der Waals surface area contributed by atoms with E-state index in [1.165, 1.54) is 10.7 Å². The van der Waals surface area contributed by atoms with E-state index in [1.54, 1.807) is 0 Å². The molecule has 0 aromatic rings. The van der Waals surface area contributed by atoms with Crippen molar-refractivity contribution in [3.05, 3.63) is 11.0 Å². The summed E-state index contributed by atoms with van der Waals surface area (Å²) in [7, 11) is 0. The second-order valence-electron chi connectivity index (χ2n) is 1.33. The van der Waals surface area contributed by atoms with Crippen molar-refractivity contribution in [3.8, 4) is 0 Å². The lowest BCUT2D eigenvalue weighted by molar-refractivity contribution is 1.51. The van der Waals surface area contributed by atoms with Crippen LogP contribution in [0.2, 0.25) is 0 Å². The van der Waals surface area contributed by atoms with E-state index in [0.717, 1.165) is 0 Å². The summed E-state index contributed by atoms with van der Waals surface area (Å²) < 4.78 is 0. The normalized spacial score (nSPS) is 12.1. The highest BCUT2D eigenvalue weighted by molar-refractivity contribution is 8.03. The van der Waals surface area contributed by atoms with Crippen LogP contribution in [-0.4, -0.2) is 5.75 Å². The van der Waals surface area contributed by atoms with E-state index in [-0.39, 0.29) is 0 Å². The Balaban J connectivity index is 3.17. The molecular formula is C6H12S. The first-order valence-corrected chi connectivity index (χ1v) is 3.55. The van der Waals surface area contributed by atoms with Crippen LogP contribution in [0.5, 0.6) is 0 Å². The van der Waals surface area contributed by atoms with Gasteiger partial charge in [0.1, 0.15) is 0 Å². The Morgan fingerprint density at radius 2 is 2.29 bits per heavy atom. The number of hydrogen-bond acceptors (Lipinski definition) is 1. The third-order valence-corrected chi connectivity index (χ3v) is 1.76. The van der Waals surface area contributed by atoms with Gasteiger partial charge in [-0.25, -0.2) is 0 Å². The van der Waals surface area contributed by atoms with Gasteiger partial charge in [0, 0.05) is 0 Å². The van der Waals surface area contributed by atoms with Crippen molar-refractivity contribution >= 4 is 11.8 Å². The van der Waals surface area contributed by atoms with Crippen LogP contribution in [0.4, 0.5) is 0 Å². The molecule has 0 aromatic carbocycles. The van der Waals surface area contributed by atoms with Gasteiger partial charge in [0.2, 0.25) is 0 Å². The molecule has 0 heterocycles. The number of thioether (sulfide) groups is 1. The lowest BCUT2D eigenvalue weighted by Crippen LogP contribution is -1.65. The van der Waals surface area contributed by atoms with Gasteiger partial charge in [0.15, 0.2) is 0 Å². The van der Waals surface area contributed by atoms with Gasteiger partial charge in [-0.1, -0.05) is 13.0 Å². The van der Waals surface area contributed by atoms with Gasteiger partial charge < -0.3 is 0 Å². The summed E-state index contributed by atoms with van der Waals surface area (Å²) in [6, 6.07) is 0. The molecule has 1 heteroatoms. The van der Waals surface area contributed by atoms with Crippen LogP contribution in [0.3, 0.4) is 0 Å². The van der Waals surface area contributed by atoms with Gasteiger partial charge in [-0.15, -0.1) is 11.8 Å². The van der Waals surface area contributed by atoms with Gasteiger partial charge in [0.05, 0.1) is 0 Å². The fraction of sp³-hybridized carbons (Fsp3) is 0.667. The molecule has 0 nitrogen and oxygen atoms in total. The van der Waals surface area contributed by atoms with Crippen molar-refractivity contribution in [2.75, 3.05) is 5.75 Å². The second kappa shape index (κ2) is 4.25. The van der Waals surface area contributed by atoms with Gasteiger partial charge in [-0.05, 0) is 24.5 Å². The minimum Gasteiger partial charge on any atom is -0.132 e. The number of hydrogen-bond donors (Lipinski definition) is 0. The molecule has 0 fully saturated rings. The summed E-state index contributed by atoms with van der Waals surface area (Å²) in [4.78, 5) is 1.42. The van der Waals surface area contributed by atoms with E-state index in [1.807, 2.05) is 11.8 Å². The minimum atomic E-state index is 1.19. The summed E-state index contributed by atoms with van der Waals surface area (Å²) in [5, 5.41) is 0. The van der Waals surface area contributed by atoms with Crippen molar-refractivity contribution in [2.45, 2.75) is 20.8 Å². The quantitative estimate of drug-likeness (QED) is 0.534. The summed E-state index contributed by atoms with van der Waals surface area (Å²) in [6.45, 7) is 6.36. The SMILES string of the molecule is CC=C(C)SCC. The maximum atomic E-state index is 2.16. The molecule has 0 aliphatic carbocycles. The van der Waals surface area contributed by atoms with E-state index in [0.29, 0.717) is 0 Å². The first-order chi connectivity index (χ1) is 3.31. The van der Waals surface area contributed by atoms with Crippen molar-refractivity contribution in [2.24, 2.45) is 0 Å². The van der Waals surface area contributed by atoms with Gasteiger partial charge in [-0.2, -0.15) is 0 Å². The molecule has 0 amide bonds. The molecule has 0 unspecified atom stereocenters. The first kappa shape index (κ1) is 7.09. The van der Waals surface area contributed by atoms with Gasteiger partial charge in [0.25, 0.3) is 0 Å². The second-order valence-corrected chi connectivity index (χ2v) is 2.84. The van der Waals surface area contributed by atoms with Crippen molar-refractivity contribution in [1.82, 2.24) is 0 Å². The van der Waals surface area contributed by atoms with Crippen LogP contribution in [-0.2, 0) is 0 Å². The van der Waals surface area contributed by atoms with Crippen LogP contribution < -0.4 is 0 Å². The molecule has 0 saturated heterocycles. The molecule has 0 spiro atoms. The van der Waals surface area contributed by atoms with E-state index in [2.05, 4.69) is 26.8 Å². The molecule has 0 saturated carbocycles. The maximum absolute atomic E-state index is 2.16. The average Bonchev–Trinajstić information content (AvgIpc) is 1.68. The zero-order chi connectivity index (χ0) is 5.70. The predicted octanol–water partition coefficient (Wildman–Crippen LogP) is 2.66. The Labute approximate surface area is 50.0 Å². The zero-order valence-electron chi connectivity index (χ0n) is 5.19. The van der Waals surface area contributed by atoms with E-state index < -0.39 is 0 Å². The predicted molar refractivity (Wildman–Crippen MR) is 37.6 cm³/mol. The number of rotatable bonds is 2. The summed E-state index contributed by atoms with van der Waals surface area (Å²) in [5.41, 5.74) is 0. The smallest absolute Gasteiger partial charge is 0.00519 e. The van der Waals surface area contributed by atoms with Crippen molar-refractivity contribution < 1.29 is 0 Å². The minimum absolute atomic E-state index is 1.19. The molecule has 0 aliphatic heterocycles. The third kappa shape index (κ3) is 3.93. The maximum Gasteiger partial charge on any atom is -0.00519 e. The fourth-order valence-corrected chi connectivity index (χ4v) is 0.933. The highest BCUT2D eigenvalue weighted by atomic mass is 32.2. The van der Waals surface area contributed by atoms with Crippen LogP contribution in [0.15, 0.2) is 11.0 Å². The molecule has 0 aliphatic rings. The summed E-state index contributed by atoms with van der Waals surface area (Å²) in [6.07, 6.45) is 2.13.